The van der Waals surface area contributed by atoms with Gasteiger partial charge in [0.05, 0.1) is 23.9 Å². The van der Waals surface area contributed by atoms with Gasteiger partial charge < -0.3 is 14.0 Å². The van der Waals surface area contributed by atoms with Crippen molar-refractivity contribution in [3.05, 3.63) is 58.9 Å². The third kappa shape index (κ3) is 3.86. The lowest BCUT2D eigenvalue weighted by Crippen LogP contribution is -2.27. The number of pyridine rings is 1. The van der Waals surface area contributed by atoms with Gasteiger partial charge in [-0.25, -0.2) is 4.79 Å². The predicted octanol–water partition coefficient (Wildman–Crippen LogP) is 4.36. The molecule has 0 aliphatic carbocycles. The van der Waals surface area contributed by atoms with Gasteiger partial charge >= 0.3 is 6.09 Å². The molecule has 6 heteroatoms. The Bertz CT molecular complexity index is 1090. The average molecular weight is 379 g/mol. The van der Waals surface area contributed by atoms with Crippen molar-refractivity contribution in [2.45, 2.75) is 26.4 Å². The Morgan fingerprint density at radius 1 is 1.11 bits per heavy atom. The summed E-state index contributed by atoms with van der Waals surface area (Å²) in [5, 5.41) is 3.47. The fourth-order valence-corrected chi connectivity index (χ4v) is 3.02. The second kappa shape index (κ2) is 7.38. The zero-order valence-electron chi connectivity index (χ0n) is 16.6. The summed E-state index contributed by atoms with van der Waals surface area (Å²) in [5.41, 5.74) is 1.27. The quantitative estimate of drug-likeness (QED) is 0.734. The van der Waals surface area contributed by atoms with Crippen molar-refractivity contribution in [3.8, 4) is 16.9 Å². The van der Waals surface area contributed by atoms with Gasteiger partial charge in [-0.15, -0.1) is 0 Å². The molecule has 1 heterocycles. The largest absolute Gasteiger partial charge is 0.495 e. The second-order valence-electron chi connectivity index (χ2n) is 7.39. The van der Waals surface area contributed by atoms with E-state index in [1.807, 2.05) is 24.3 Å². The number of ether oxygens (including phenoxy) is 2. The van der Waals surface area contributed by atoms with Crippen LogP contribution in [0.4, 0.5) is 10.5 Å². The number of aryl methyl sites for hydroxylation is 1. The molecule has 0 fully saturated rings. The average Bonchev–Trinajstić information content (AvgIpc) is 2.63. The molecule has 0 aliphatic heterocycles. The molecular weight excluding hydrogens is 356 g/mol. The highest BCUT2D eigenvalue weighted by Crippen LogP contribution is 2.34. The van der Waals surface area contributed by atoms with Gasteiger partial charge in [0.25, 0.3) is 5.56 Å². The first kappa shape index (κ1) is 19.5. The Hall–Kier alpha value is -3.28. The van der Waals surface area contributed by atoms with Gasteiger partial charge in [0.1, 0.15) is 11.4 Å². The molecule has 1 aromatic heterocycles. The Balaban J connectivity index is 2.10. The summed E-state index contributed by atoms with van der Waals surface area (Å²) in [6.45, 7) is 5.36. The first-order valence-corrected chi connectivity index (χ1v) is 8.89. The molecule has 0 saturated carbocycles. The molecule has 1 N–H and O–H groups in total. The van der Waals surface area contributed by atoms with Gasteiger partial charge in [-0.3, -0.25) is 10.1 Å². The highest BCUT2D eigenvalue weighted by atomic mass is 16.6. The number of benzene rings is 2. The van der Waals surface area contributed by atoms with Gasteiger partial charge in [0.2, 0.25) is 0 Å². The van der Waals surface area contributed by atoms with Gasteiger partial charge in [-0.1, -0.05) is 24.3 Å². The number of methoxy groups -OCH3 is 1. The summed E-state index contributed by atoms with van der Waals surface area (Å²) < 4.78 is 12.4. The molecule has 1 amide bonds. The number of rotatable bonds is 3. The van der Waals surface area contributed by atoms with Crippen LogP contribution < -0.4 is 15.6 Å². The molecule has 0 saturated heterocycles. The molecular formula is C22H23N2O4. The summed E-state index contributed by atoms with van der Waals surface area (Å²) >= 11 is 0. The maximum Gasteiger partial charge on any atom is 0.412 e. The molecule has 2 aromatic carbocycles. The fourth-order valence-electron chi connectivity index (χ4n) is 3.02. The lowest BCUT2D eigenvalue weighted by Gasteiger charge is -2.20. The SMILES string of the molecule is COc1c(-c2[c]c(NC(=O)OC(C)(C)C)ccc2)c(=O)n(C)c2ccccc12. The molecule has 1 radical (unpaired) electrons. The minimum atomic E-state index is -0.612. The predicted molar refractivity (Wildman–Crippen MR) is 110 cm³/mol. The van der Waals surface area contributed by atoms with Gasteiger partial charge in [0.15, 0.2) is 0 Å². The van der Waals surface area contributed by atoms with Crippen LogP contribution in [0.15, 0.2) is 47.3 Å². The van der Waals surface area contributed by atoms with Gasteiger partial charge in [-0.2, -0.15) is 0 Å². The van der Waals surface area contributed by atoms with E-state index >= 15 is 0 Å². The Morgan fingerprint density at radius 3 is 2.50 bits per heavy atom. The third-order valence-electron chi connectivity index (χ3n) is 4.16. The van der Waals surface area contributed by atoms with Crippen molar-refractivity contribution in [2.75, 3.05) is 12.4 Å². The summed E-state index contributed by atoms with van der Waals surface area (Å²) in [7, 11) is 3.25. The molecule has 0 aliphatic rings. The Labute approximate surface area is 163 Å². The maximum atomic E-state index is 13.0. The number of aromatic nitrogens is 1. The monoisotopic (exact) mass is 379 g/mol. The van der Waals surface area contributed by atoms with Crippen LogP contribution in [0.2, 0.25) is 0 Å². The number of carbonyl (C=O) groups excluding carboxylic acids is 1. The normalized spacial score (nSPS) is 11.3. The van der Waals surface area contributed by atoms with Crippen molar-refractivity contribution in [2.24, 2.45) is 7.05 Å². The van der Waals surface area contributed by atoms with Crippen LogP contribution in [-0.2, 0) is 11.8 Å². The Morgan fingerprint density at radius 2 is 1.82 bits per heavy atom. The van der Waals surface area contributed by atoms with E-state index in [0.29, 0.717) is 22.6 Å². The van der Waals surface area contributed by atoms with Crippen LogP contribution in [0.5, 0.6) is 5.75 Å². The van der Waals surface area contributed by atoms with Crippen molar-refractivity contribution in [1.82, 2.24) is 4.57 Å². The third-order valence-corrected chi connectivity index (χ3v) is 4.16. The molecule has 3 rings (SSSR count). The van der Waals surface area contributed by atoms with E-state index in [0.717, 1.165) is 10.9 Å². The van der Waals surface area contributed by atoms with Crippen LogP contribution >= 0.6 is 0 Å². The molecule has 0 spiro atoms. The van der Waals surface area contributed by atoms with Crippen molar-refractivity contribution >= 4 is 22.7 Å². The summed E-state index contributed by atoms with van der Waals surface area (Å²) in [5.74, 6) is 0.476. The van der Waals surface area contributed by atoms with E-state index < -0.39 is 11.7 Å². The first-order valence-electron chi connectivity index (χ1n) is 8.89. The maximum absolute atomic E-state index is 13.0. The number of hydrogen-bond acceptors (Lipinski definition) is 4. The van der Waals surface area contributed by atoms with Crippen LogP contribution in [-0.4, -0.2) is 23.4 Å². The highest BCUT2D eigenvalue weighted by molar-refractivity contribution is 5.93. The number of fused-ring (bicyclic) bond motifs is 1. The minimum Gasteiger partial charge on any atom is -0.495 e. The molecule has 0 unspecified atom stereocenters. The summed E-state index contributed by atoms with van der Waals surface area (Å²) in [6, 6.07) is 15.8. The number of nitrogens with zero attached hydrogens (tertiary/aromatic N) is 1. The lowest BCUT2D eigenvalue weighted by molar-refractivity contribution is 0.0636. The van der Waals surface area contributed by atoms with E-state index in [9.17, 15) is 9.59 Å². The zero-order chi connectivity index (χ0) is 20.5. The molecule has 3 aromatic rings. The molecule has 0 bridgehead atoms. The van der Waals surface area contributed by atoms with E-state index in [4.69, 9.17) is 9.47 Å². The number of anilines is 1. The number of para-hydroxylation sites is 1. The minimum absolute atomic E-state index is 0.207. The van der Waals surface area contributed by atoms with Crippen LogP contribution in [0, 0.1) is 6.07 Å². The van der Waals surface area contributed by atoms with E-state index in [-0.39, 0.29) is 5.56 Å². The summed E-state index contributed by atoms with van der Waals surface area (Å²) in [4.78, 5) is 25.1. The molecule has 6 nitrogen and oxygen atoms in total. The number of hydrogen-bond donors (Lipinski definition) is 1. The first-order chi connectivity index (χ1) is 13.2. The number of nitrogens with one attached hydrogen (secondary N) is 1. The fraction of sp³-hybridized carbons (Fsp3) is 0.273. The van der Waals surface area contributed by atoms with Crippen molar-refractivity contribution in [3.63, 3.8) is 0 Å². The van der Waals surface area contributed by atoms with Crippen molar-refractivity contribution < 1.29 is 14.3 Å². The second-order valence-corrected chi connectivity index (χ2v) is 7.39. The molecule has 28 heavy (non-hydrogen) atoms. The van der Waals surface area contributed by atoms with Gasteiger partial charge in [0, 0.05) is 24.1 Å². The van der Waals surface area contributed by atoms with Gasteiger partial charge in [-0.05, 0) is 39.0 Å². The van der Waals surface area contributed by atoms with E-state index in [1.165, 1.54) is 7.11 Å². The highest BCUT2D eigenvalue weighted by Gasteiger charge is 2.19. The van der Waals surface area contributed by atoms with Crippen molar-refractivity contribution in [1.29, 1.82) is 0 Å². The van der Waals surface area contributed by atoms with E-state index in [1.54, 1.807) is 50.6 Å². The zero-order valence-corrected chi connectivity index (χ0v) is 16.6. The smallest absolute Gasteiger partial charge is 0.412 e. The van der Waals surface area contributed by atoms with Crippen LogP contribution in [0.1, 0.15) is 20.8 Å². The lowest BCUT2D eigenvalue weighted by atomic mass is 10.0. The number of carbonyl (C=O) groups is 1. The standard InChI is InChI=1S/C22H23N2O4/c1-22(2,3)28-21(26)23-15-10-8-9-14(13-15)18-19(27-5)16-11-6-7-12-17(16)24(4)20(18)25/h6-12H,1-5H3,(H,23,26). The van der Waals surface area contributed by atoms with E-state index in [2.05, 4.69) is 11.4 Å². The number of amides is 1. The van der Waals surface area contributed by atoms with Crippen LogP contribution in [0.25, 0.3) is 22.0 Å². The molecule has 145 valence electrons. The summed E-state index contributed by atoms with van der Waals surface area (Å²) in [6.07, 6.45) is -0.584. The van der Waals surface area contributed by atoms with Crippen LogP contribution in [0.3, 0.4) is 0 Å². The topological polar surface area (TPSA) is 69.6 Å². The Kier molecular flexibility index (Phi) is 5.14. The molecule has 0 atom stereocenters.